The van der Waals surface area contributed by atoms with E-state index in [4.69, 9.17) is 4.74 Å². The van der Waals surface area contributed by atoms with Gasteiger partial charge in [-0.3, -0.25) is 4.79 Å². The third kappa shape index (κ3) is 4.05. The number of ether oxygens (including phenoxy) is 1. The molecule has 0 aliphatic heterocycles. The van der Waals surface area contributed by atoms with Crippen LogP contribution in [0.15, 0.2) is 24.3 Å². The van der Waals surface area contributed by atoms with Gasteiger partial charge in [-0.1, -0.05) is 31.4 Å². The Labute approximate surface area is 120 Å². The highest BCUT2D eigenvalue weighted by Crippen LogP contribution is 2.18. The monoisotopic (exact) mass is 277 g/mol. The standard InChI is InChI=1S/C16H23NO3/c1-20-11-12-7-9-13(10-8-12)16(19)17-14-5-3-2-4-6-15(14)18/h7-10,14-15,18H,2-6,11H2,1H3,(H,17,19). The average Bonchev–Trinajstić information content (AvgIpc) is 2.65. The first-order valence-electron chi connectivity index (χ1n) is 7.27. The van der Waals surface area contributed by atoms with Crippen molar-refractivity contribution >= 4 is 5.91 Å². The molecule has 0 heterocycles. The minimum absolute atomic E-state index is 0.111. The molecule has 0 aromatic heterocycles. The number of carbonyl (C=O) groups excluding carboxylic acids is 1. The predicted octanol–water partition coefficient (Wildman–Crippen LogP) is 2.26. The van der Waals surface area contributed by atoms with Gasteiger partial charge in [-0.2, -0.15) is 0 Å². The molecule has 0 saturated heterocycles. The number of rotatable bonds is 4. The van der Waals surface area contributed by atoms with E-state index in [9.17, 15) is 9.90 Å². The highest BCUT2D eigenvalue weighted by molar-refractivity contribution is 5.94. The van der Waals surface area contributed by atoms with E-state index < -0.39 is 6.10 Å². The number of methoxy groups -OCH3 is 1. The van der Waals surface area contributed by atoms with Crippen LogP contribution in [0.3, 0.4) is 0 Å². The Hall–Kier alpha value is -1.39. The molecule has 1 aromatic carbocycles. The summed E-state index contributed by atoms with van der Waals surface area (Å²) in [6.45, 7) is 0.545. The van der Waals surface area contributed by atoms with Gasteiger partial charge in [0.1, 0.15) is 0 Å². The smallest absolute Gasteiger partial charge is 0.251 e. The lowest BCUT2D eigenvalue weighted by atomic mass is 10.0. The zero-order chi connectivity index (χ0) is 14.4. The maximum absolute atomic E-state index is 12.2. The van der Waals surface area contributed by atoms with Gasteiger partial charge in [-0.05, 0) is 30.5 Å². The molecule has 2 N–H and O–H groups in total. The zero-order valence-electron chi connectivity index (χ0n) is 12.0. The van der Waals surface area contributed by atoms with Crippen LogP contribution < -0.4 is 5.32 Å². The Morgan fingerprint density at radius 3 is 2.65 bits per heavy atom. The van der Waals surface area contributed by atoms with Crippen LogP contribution >= 0.6 is 0 Å². The van der Waals surface area contributed by atoms with Crippen molar-refractivity contribution in [3.05, 3.63) is 35.4 Å². The summed E-state index contributed by atoms with van der Waals surface area (Å²) in [5.74, 6) is -0.111. The second-order valence-corrected chi connectivity index (χ2v) is 5.42. The minimum Gasteiger partial charge on any atom is -0.391 e. The number of nitrogens with one attached hydrogen (secondary N) is 1. The fourth-order valence-electron chi connectivity index (χ4n) is 2.63. The van der Waals surface area contributed by atoms with Gasteiger partial charge in [0.15, 0.2) is 0 Å². The molecular weight excluding hydrogens is 254 g/mol. The molecule has 1 amide bonds. The number of amides is 1. The van der Waals surface area contributed by atoms with E-state index in [0.717, 1.165) is 37.7 Å². The first-order valence-corrected chi connectivity index (χ1v) is 7.27. The Kier molecular flexibility index (Phi) is 5.56. The maximum Gasteiger partial charge on any atom is 0.251 e. The zero-order valence-corrected chi connectivity index (χ0v) is 12.0. The summed E-state index contributed by atoms with van der Waals surface area (Å²) in [4.78, 5) is 12.2. The van der Waals surface area contributed by atoms with Crippen LogP contribution in [0.4, 0.5) is 0 Å². The van der Waals surface area contributed by atoms with Crippen LogP contribution in [-0.4, -0.2) is 30.3 Å². The fourth-order valence-corrected chi connectivity index (χ4v) is 2.63. The first-order chi connectivity index (χ1) is 9.70. The number of aliphatic hydroxyl groups excluding tert-OH is 1. The highest BCUT2D eigenvalue weighted by atomic mass is 16.5. The molecule has 0 spiro atoms. The lowest BCUT2D eigenvalue weighted by Crippen LogP contribution is -2.42. The van der Waals surface area contributed by atoms with Crippen molar-refractivity contribution in [2.24, 2.45) is 0 Å². The van der Waals surface area contributed by atoms with E-state index in [-0.39, 0.29) is 11.9 Å². The third-order valence-electron chi connectivity index (χ3n) is 3.82. The number of benzene rings is 1. The van der Waals surface area contributed by atoms with Crippen molar-refractivity contribution < 1.29 is 14.6 Å². The number of hydrogen-bond donors (Lipinski definition) is 2. The molecule has 0 radical (unpaired) electrons. The molecule has 110 valence electrons. The second-order valence-electron chi connectivity index (χ2n) is 5.42. The summed E-state index contributed by atoms with van der Waals surface area (Å²) in [7, 11) is 1.65. The van der Waals surface area contributed by atoms with E-state index >= 15 is 0 Å². The molecule has 20 heavy (non-hydrogen) atoms. The average molecular weight is 277 g/mol. The maximum atomic E-state index is 12.2. The Balaban J connectivity index is 1.96. The molecular formula is C16H23NO3. The van der Waals surface area contributed by atoms with Crippen molar-refractivity contribution in [2.45, 2.75) is 50.9 Å². The Bertz CT molecular complexity index is 430. The lowest BCUT2D eigenvalue weighted by Gasteiger charge is -2.21. The van der Waals surface area contributed by atoms with E-state index in [1.54, 1.807) is 19.2 Å². The highest BCUT2D eigenvalue weighted by Gasteiger charge is 2.23. The molecule has 0 bridgehead atoms. The normalized spacial score (nSPS) is 23.1. The van der Waals surface area contributed by atoms with Crippen molar-refractivity contribution in [1.82, 2.24) is 5.32 Å². The van der Waals surface area contributed by atoms with Gasteiger partial charge in [-0.15, -0.1) is 0 Å². The third-order valence-corrected chi connectivity index (χ3v) is 3.82. The topological polar surface area (TPSA) is 58.6 Å². The Morgan fingerprint density at radius 2 is 1.95 bits per heavy atom. The van der Waals surface area contributed by atoms with Crippen LogP contribution in [-0.2, 0) is 11.3 Å². The predicted molar refractivity (Wildman–Crippen MR) is 77.5 cm³/mol. The molecule has 4 heteroatoms. The van der Waals surface area contributed by atoms with Gasteiger partial charge < -0.3 is 15.2 Å². The SMILES string of the molecule is COCc1ccc(C(=O)NC2CCCCCC2O)cc1. The summed E-state index contributed by atoms with van der Waals surface area (Å²) in [5, 5.41) is 13.0. The van der Waals surface area contributed by atoms with Gasteiger partial charge in [0.25, 0.3) is 5.91 Å². The quantitative estimate of drug-likeness (QED) is 0.830. The number of carbonyl (C=O) groups is 1. The largest absolute Gasteiger partial charge is 0.391 e. The van der Waals surface area contributed by atoms with E-state index in [1.165, 1.54) is 0 Å². The minimum atomic E-state index is -0.422. The van der Waals surface area contributed by atoms with E-state index in [0.29, 0.717) is 12.2 Å². The van der Waals surface area contributed by atoms with Crippen LogP contribution in [0.2, 0.25) is 0 Å². The molecule has 1 fully saturated rings. The summed E-state index contributed by atoms with van der Waals surface area (Å²) < 4.78 is 5.04. The molecule has 4 nitrogen and oxygen atoms in total. The van der Waals surface area contributed by atoms with Crippen molar-refractivity contribution in [3.63, 3.8) is 0 Å². The molecule has 1 aliphatic rings. The molecule has 1 aliphatic carbocycles. The number of aliphatic hydroxyl groups is 1. The van der Waals surface area contributed by atoms with Gasteiger partial charge in [0, 0.05) is 12.7 Å². The van der Waals surface area contributed by atoms with Gasteiger partial charge in [0.05, 0.1) is 18.8 Å². The van der Waals surface area contributed by atoms with Crippen molar-refractivity contribution in [2.75, 3.05) is 7.11 Å². The van der Waals surface area contributed by atoms with Crippen LogP contribution in [0, 0.1) is 0 Å². The first kappa shape index (κ1) is 15.0. The van der Waals surface area contributed by atoms with Gasteiger partial charge in [0.2, 0.25) is 0 Å². The molecule has 2 atom stereocenters. The summed E-state index contributed by atoms with van der Waals surface area (Å²) in [6.07, 6.45) is 4.45. The van der Waals surface area contributed by atoms with Crippen LogP contribution in [0.1, 0.15) is 48.0 Å². The van der Waals surface area contributed by atoms with Gasteiger partial charge >= 0.3 is 0 Å². The summed E-state index contributed by atoms with van der Waals surface area (Å²) in [6, 6.07) is 7.26. The Morgan fingerprint density at radius 1 is 1.25 bits per heavy atom. The molecule has 1 saturated carbocycles. The lowest BCUT2D eigenvalue weighted by molar-refractivity contribution is 0.0818. The second kappa shape index (κ2) is 7.41. The molecule has 2 rings (SSSR count). The van der Waals surface area contributed by atoms with Crippen molar-refractivity contribution in [3.8, 4) is 0 Å². The molecule has 2 unspecified atom stereocenters. The van der Waals surface area contributed by atoms with Crippen LogP contribution in [0.25, 0.3) is 0 Å². The van der Waals surface area contributed by atoms with E-state index in [1.807, 2.05) is 12.1 Å². The summed E-state index contributed by atoms with van der Waals surface area (Å²) >= 11 is 0. The van der Waals surface area contributed by atoms with Gasteiger partial charge in [-0.25, -0.2) is 0 Å². The van der Waals surface area contributed by atoms with Crippen LogP contribution in [0.5, 0.6) is 0 Å². The summed E-state index contributed by atoms with van der Waals surface area (Å²) in [5.41, 5.74) is 1.67. The molecule has 1 aromatic rings. The fraction of sp³-hybridized carbons (Fsp3) is 0.562. The number of hydrogen-bond acceptors (Lipinski definition) is 3. The van der Waals surface area contributed by atoms with Crippen molar-refractivity contribution in [1.29, 1.82) is 0 Å². The van der Waals surface area contributed by atoms with E-state index in [2.05, 4.69) is 5.32 Å².